The molecule has 4 rings (SSSR count). The first kappa shape index (κ1) is 16.4. The molecule has 1 unspecified atom stereocenters. The third-order valence-corrected chi connectivity index (χ3v) is 5.46. The molecule has 0 aromatic heterocycles. The van der Waals surface area contributed by atoms with Crippen LogP contribution in [0.5, 0.6) is 0 Å². The van der Waals surface area contributed by atoms with Gasteiger partial charge in [0, 0.05) is 69.1 Å². The van der Waals surface area contributed by atoms with Crippen LogP contribution in [0.15, 0.2) is 24.3 Å². The van der Waals surface area contributed by atoms with Gasteiger partial charge in [-0.1, -0.05) is 0 Å². The summed E-state index contributed by atoms with van der Waals surface area (Å²) in [6.07, 6.45) is 0.351. The Morgan fingerprint density at radius 2 is 1.76 bits per heavy atom. The molecule has 1 atom stereocenters. The van der Waals surface area contributed by atoms with E-state index in [-0.39, 0.29) is 11.9 Å². The van der Waals surface area contributed by atoms with Crippen molar-refractivity contribution in [1.29, 1.82) is 0 Å². The fraction of sp³-hybridized carbons (Fsp3) is 0.556. The van der Waals surface area contributed by atoms with E-state index in [1.807, 2.05) is 12.1 Å². The molecule has 134 valence electrons. The van der Waals surface area contributed by atoms with E-state index in [0.717, 1.165) is 38.4 Å². The Hall–Kier alpha value is -2.12. The standard InChI is InChI=1S/C18H25N5O2/c1-13-10-19-7-9-22(13)16-11-21(12-16)14-2-4-15(5-3-14)23-8-6-17(24)20-18(23)25/h2-5,13,16,19H,6-12H2,1H3,(H,20,24,25). The van der Waals surface area contributed by atoms with Crippen molar-refractivity contribution in [3.63, 3.8) is 0 Å². The lowest BCUT2D eigenvalue weighted by molar-refractivity contribution is -0.120. The smallest absolute Gasteiger partial charge is 0.328 e. The topological polar surface area (TPSA) is 67.9 Å². The monoisotopic (exact) mass is 343 g/mol. The van der Waals surface area contributed by atoms with Crippen LogP contribution in [0.3, 0.4) is 0 Å². The Kier molecular flexibility index (Phi) is 4.35. The quantitative estimate of drug-likeness (QED) is 0.842. The molecule has 3 heterocycles. The van der Waals surface area contributed by atoms with Gasteiger partial charge in [0.2, 0.25) is 5.91 Å². The van der Waals surface area contributed by atoms with E-state index >= 15 is 0 Å². The van der Waals surface area contributed by atoms with Crippen LogP contribution in [0.1, 0.15) is 13.3 Å². The number of piperazine rings is 1. The van der Waals surface area contributed by atoms with Crippen molar-refractivity contribution in [2.75, 3.05) is 49.1 Å². The second kappa shape index (κ2) is 6.65. The van der Waals surface area contributed by atoms with E-state index < -0.39 is 0 Å². The first-order chi connectivity index (χ1) is 12.1. The highest BCUT2D eigenvalue weighted by atomic mass is 16.2. The molecule has 0 radical (unpaired) electrons. The lowest BCUT2D eigenvalue weighted by atomic mass is 10.0. The van der Waals surface area contributed by atoms with Gasteiger partial charge in [0.15, 0.2) is 0 Å². The third-order valence-electron chi connectivity index (χ3n) is 5.46. The molecule has 7 heteroatoms. The maximum atomic E-state index is 11.9. The van der Waals surface area contributed by atoms with Crippen LogP contribution in [0.4, 0.5) is 16.2 Å². The fourth-order valence-corrected chi connectivity index (χ4v) is 3.93. The van der Waals surface area contributed by atoms with Gasteiger partial charge in [-0.25, -0.2) is 4.79 Å². The summed E-state index contributed by atoms with van der Waals surface area (Å²) in [6, 6.07) is 8.96. The van der Waals surface area contributed by atoms with Gasteiger partial charge in [-0.2, -0.15) is 0 Å². The van der Waals surface area contributed by atoms with Crippen LogP contribution >= 0.6 is 0 Å². The van der Waals surface area contributed by atoms with Crippen molar-refractivity contribution in [3.05, 3.63) is 24.3 Å². The van der Waals surface area contributed by atoms with E-state index in [0.29, 0.717) is 25.0 Å². The molecule has 0 aliphatic carbocycles. The minimum atomic E-state index is -0.333. The van der Waals surface area contributed by atoms with Crippen LogP contribution in [0, 0.1) is 0 Å². The van der Waals surface area contributed by atoms with Crippen LogP contribution in [-0.2, 0) is 4.79 Å². The van der Waals surface area contributed by atoms with Gasteiger partial charge in [-0.3, -0.25) is 19.9 Å². The predicted molar refractivity (Wildman–Crippen MR) is 97.0 cm³/mol. The number of imide groups is 1. The molecular weight excluding hydrogens is 318 g/mol. The third kappa shape index (κ3) is 3.21. The largest absolute Gasteiger partial charge is 0.368 e. The molecule has 2 N–H and O–H groups in total. The summed E-state index contributed by atoms with van der Waals surface area (Å²) in [6.45, 7) is 8.13. The van der Waals surface area contributed by atoms with Crippen molar-refractivity contribution >= 4 is 23.3 Å². The van der Waals surface area contributed by atoms with Gasteiger partial charge in [0.1, 0.15) is 0 Å². The summed E-state index contributed by atoms with van der Waals surface area (Å²) >= 11 is 0. The highest BCUT2D eigenvalue weighted by Crippen LogP contribution is 2.28. The SMILES string of the molecule is CC1CNCCN1C1CN(c2ccc(N3CCC(=O)NC3=O)cc2)C1. The fourth-order valence-electron chi connectivity index (χ4n) is 3.93. The van der Waals surface area contributed by atoms with E-state index in [1.54, 1.807) is 4.90 Å². The lowest BCUT2D eigenvalue weighted by Crippen LogP contribution is -2.65. The summed E-state index contributed by atoms with van der Waals surface area (Å²) in [5.41, 5.74) is 2.03. The van der Waals surface area contributed by atoms with Gasteiger partial charge in [0.05, 0.1) is 0 Å². The van der Waals surface area contributed by atoms with Crippen LogP contribution in [0.2, 0.25) is 0 Å². The van der Waals surface area contributed by atoms with Crippen LogP contribution in [-0.4, -0.2) is 68.2 Å². The zero-order valence-corrected chi connectivity index (χ0v) is 14.6. The number of benzene rings is 1. The maximum Gasteiger partial charge on any atom is 0.328 e. The van der Waals surface area contributed by atoms with Crippen LogP contribution in [0.25, 0.3) is 0 Å². The summed E-state index contributed by atoms with van der Waals surface area (Å²) in [5, 5.41) is 5.80. The molecule has 3 amide bonds. The Balaban J connectivity index is 1.36. The number of rotatable bonds is 3. The Labute approximate surface area is 147 Å². The molecule has 0 bridgehead atoms. The Morgan fingerprint density at radius 1 is 1.04 bits per heavy atom. The number of carbonyl (C=O) groups is 2. The van der Waals surface area contributed by atoms with E-state index in [1.165, 1.54) is 5.69 Å². The van der Waals surface area contributed by atoms with E-state index in [2.05, 4.69) is 39.5 Å². The molecule has 3 aliphatic rings. The normalized spacial score (nSPS) is 25.7. The molecular formula is C18H25N5O2. The molecule has 3 fully saturated rings. The summed E-state index contributed by atoms with van der Waals surface area (Å²) in [5.74, 6) is -0.202. The molecule has 7 nitrogen and oxygen atoms in total. The average molecular weight is 343 g/mol. The van der Waals surface area contributed by atoms with Crippen molar-refractivity contribution in [3.8, 4) is 0 Å². The predicted octanol–water partition coefficient (Wildman–Crippen LogP) is 0.615. The highest BCUT2D eigenvalue weighted by molar-refractivity contribution is 6.05. The number of nitrogens with one attached hydrogen (secondary N) is 2. The number of amides is 3. The minimum absolute atomic E-state index is 0.202. The van der Waals surface area contributed by atoms with Gasteiger partial charge in [-0.05, 0) is 31.2 Å². The summed E-state index contributed by atoms with van der Waals surface area (Å²) in [7, 11) is 0. The van der Waals surface area contributed by atoms with Gasteiger partial charge in [0.25, 0.3) is 0 Å². The van der Waals surface area contributed by atoms with Crippen molar-refractivity contribution in [2.45, 2.75) is 25.4 Å². The Bertz CT molecular complexity index is 656. The number of nitrogens with zero attached hydrogens (tertiary/aromatic N) is 3. The second-order valence-electron chi connectivity index (χ2n) is 7.12. The van der Waals surface area contributed by atoms with Crippen molar-refractivity contribution in [2.24, 2.45) is 0 Å². The minimum Gasteiger partial charge on any atom is -0.368 e. The number of urea groups is 1. The molecule has 3 aliphatic heterocycles. The van der Waals surface area contributed by atoms with E-state index in [4.69, 9.17) is 0 Å². The molecule has 1 aromatic rings. The van der Waals surface area contributed by atoms with Gasteiger partial charge < -0.3 is 10.2 Å². The first-order valence-electron chi connectivity index (χ1n) is 9.04. The zero-order chi connectivity index (χ0) is 17.4. The summed E-state index contributed by atoms with van der Waals surface area (Å²) in [4.78, 5) is 29.8. The molecule has 25 heavy (non-hydrogen) atoms. The molecule has 3 saturated heterocycles. The van der Waals surface area contributed by atoms with Crippen molar-refractivity contribution in [1.82, 2.24) is 15.5 Å². The van der Waals surface area contributed by atoms with Crippen molar-refractivity contribution < 1.29 is 9.59 Å². The molecule has 0 spiro atoms. The molecule has 1 aromatic carbocycles. The zero-order valence-electron chi connectivity index (χ0n) is 14.6. The van der Waals surface area contributed by atoms with E-state index in [9.17, 15) is 9.59 Å². The van der Waals surface area contributed by atoms with Gasteiger partial charge >= 0.3 is 6.03 Å². The molecule has 0 saturated carbocycles. The average Bonchev–Trinajstić information content (AvgIpc) is 2.56. The summed E-state index contributed by atoms with van der Waals surface area (Å²) < 4.78 is 0. The maximum absolute atomic E-state index is 11.9. The second-order valence-corrected chi connectivity index (χ2v) is 7.12. The van der Waals surface area contributed by atoms with Gasteiger partial charge in [-0.15, -0.1) is 0 Å². The van der Waals surface area contributed by atoms with Crippen LogP contribution < -0.4 is 20.4 Å². The lowest BCUT2D eigenvalue weighted by Gasteiger charge is -2.50. The Morgan fingerprint density at radius 3 is 2.44 bits per heavy atom. The first-order valence-corrected chi connectivity index (χ1v) is 9.04. The number of hydrogen-bond donors (Lipinski definition) is 2. The highest BCUT2D eigenvalue weighted by Gasteiger charge is 2.35. The number of hydrogen-bond acceptors (Lipinski definition) is 5. The number of carbonyl (C=O) groups excluding carboxylic acids is 2. The number of anilines is 2.